The van der Waals surface area contributed by atoms with Gasteiger partial charge in [-0.2, -0.15) is 17.2 Å². The summed E-state index contributed by atoms with van der Waals surface area (Å²) < 4.78 is 60.2. The third-order valence-corrected chi connectivity index (χ3v) is 5.69. The summed E-state index contributed by atoms with van der Waals surface area (Å²) >= 11 is 5.19. The van der Waals surface area contributed by atoms with Crippen molar-refractivity contribution >= 4 is 83.9 Å². The van der Waals surface area contributed by atoms with Gasteiger partial charge >= 0.3 is 21.3 Å². The molecule has 0 aliphatic heterocycles. The molecule has 1 rings (SSSR count). The minimum absolute atomic E-state index is 0.0871. The Morgan fingerprint density at radius 1 is 1.29 bits per heavy atom. The standard InChI is InChI=1S/C9H5F2I3O6S/c10-9(11,21(17,18)19)2-20-8(16)5-3(12)1-4(13)7(15)6(5)14/h1,15H,2H2,(H,17,18,19). The van der Waals surface area contributed by atoms with Gasteiger partial charge in [0.1, 0.15) is 5.75 Å². The van der Waals surface area contributed by atoms with Crippen LogP contribution in [-0.4, -0.2) is 35.9 Å². The number of esters is 1. The smallest absolute Gasteiger partial charge is 0.402 e. The van der Waals surface area contributed by atoms with Gasteiger partial charge in [0.15, 0.2) is 6.61 Å². The predicted octanol–water partition coefficient (Wildman–Crippen LogP) is 2.84. The highest BCUT2D eigenvalue weighted by Crippen LogP contribution is 2.33. The van der Waals surface area contributed by atoms with Crippen LogP contribution in [0.3, 0.4) is 0 Å². The van der Waals surface area contributed by atoms with Crippen LogP contribution in [0.1, 0.15) is 10.4 Å². The Kier molecular flexibility index (Phi) is 6.42. The molecule has 1 aromatic rings. The molecule has 12 heteroatoms. The van der Waals surface area contributed by atoms with Crippen LogP contribution in [0, 0.1) is 10.7 Å². The van der Waals surface area contributed by atoms with Gasteiger partial charge in [-0.25, -0.2) is 4.79 Å². The van der Waals surface area contributed by atoms with Gasteiger partial charge in [0, 0.05) is 3.57 Å². The predicted molar refractivity (Wildman–Crippen MR) is 93.0 cm³/mol. The van der Waals surface area contributed by atoms with Crippen LogP contribution in [0.2, 0.25) is 0 Å². The first-order chi connectivity index (χ1) is 9.38. The zero-order valence-electron chi connectivity index (χ0n) is 9.61. The molecule has 0 radical (unpaired) electrons. The highest BCUT2D eigenvalue weighted by atomic mass is 127. The summed E-state index contributed by atoms with van der Waals surface area (Å²) in [6.07, 6.45) is 0. The van der Waals surface area contributed by atoms with Gasteiger partial charge in [0.2, 0.25) is 0 Å². The van der Waals surface area contributed by atoms with E-state index in [9.17, 15) is 27.1 Å². The normalized spacial score (nSPS) is 12.3. The number of aromatic hydroxyl groups is 1. The number of ether oxygens (including phenoxy) is 1. The quantitative estimate of drug-likeness (QED) is 0.293. The fourth-order valence-electron chi connectivity index (χ4n) is 1.06. The second kappa shape index (κ2) is 6.91. The van der Waals surface area contributed by atoms with Crippen LogP contribution in [0.15, 0.2) is 6.07 Å². The Labute approximate surface area is 158 Å². The molecule has 0 saturated carbocycles. The van der Waals surface area contributed by atoms with Gasteiger partial charge in [-0.05, 0) is 73.8 Å². The topological polar surface area (TPSA) is 101 Å². The largest absolute Gasteiger partial charge is 0.506 e. The Morgan fingerprint density at radius 2 is 1.81 bits per heavy atom. The zero-order chi connectivity index (χ0) is 16.6. The van der Waals surface area contributed by atoms with Crippen molar-refractivity contribution < 1.29 is 36.4 Å². The lowest BCUT2D eigenvalue weighted by Crippen LogP contribution is -2.34. The molecular formula is C9H5F2I3O6S. The van der Waals surface area contributed by atoms with Crippen LogP contribution in [-0.2, 0) is 14.9 Å². The maximum absolute atomic E-state index is 13.0. The van der Waals surface area contributed by atoms with E-state index in [2.05, 4.69) is 4.74 Å². The fourth-order valence-corrected chi connectivity index (χ4v) is 5.08. The molecule has 1 aromatic carbocycles. The average Bonchev–Trinajstić information content (AvgIpc) is 2.32. The molecule has 118 valence electrons. The van der Waals surface area contributed by atoms with E-state index >= 15 is 0 Å². The number of carbonyl (C=O) groups excluding carboxylic acids is 1. The zero-order valence-corrected chi connectivity index (χ0v) is 16.9. The molecule has 0 amide bonds. The van der Waals surface area contributed by atoms with Gasteiger partial charge in [-0.1, -0.05) is 0 Å². The first-order valence-corrected chi connectivity index (χ1v) is 9.44. The molecule has 0 saturated heterocycles. The van der Waals surface area contributed by atoms with Gasteiger partial charge in [0.05, 0.1) is 12.7 Å². The van der Waals surface area contributed by atoms with Crippen molar-refractivity contribution in [3.63, 3.8) is 0 Å². The van der Waals surface area contributed by atoms with E-state index in [-0.39, 0.29) is 14.9 Å². The highest BCUT2D eigenvalue weighted by Gasteiger charge is 2.45. The third-order valence-electron chi connectivity index (χ3n) is 2.10. The first-order valence-electron chi connectivity index (χ1n) is 4.77. The van der Waals surface area contributed by atoms with Crippen molar-refractivity contribution in [1.29, 1.82) is 0 Å². The van der Waals surface area contributed by atoms with Crippen molar-refractivity contribution in [2.45, 2.75) is 5.25 Å². The monoisotopic (exact) mass is 660 g/mol. The summed E-state index contributed by atoms with van der Waals surface area (Å²) in [6.45, 7) is -1.83. The fraction of sp³-hybridized carbons (Fsp3) is 0.222. The molecule has 2 N–H and O–H groups in total. The first kappa shape index (κ1) is 19.5. The van der Waals surface area contributed by atoms with E-state index in [1.165, 1.54) is 6.07 Å². The van der Waals surface area contributed by atoms with E-state index in [0.717, 1.165) is 0 Å². The number of alkyl halides is 2. The lowest BCUT2D eigenvalue weighted by Gasteiger charge is -2.14. The van der Waals surface area contributed by atoms with Gasteiger partial charge < -0.3 is 9.84 Å². The molecule has 21 heavy (non-hydrogen) atoms. The number of hydrogen-bond acceptors (Lipinski definition) is 5. The molecular weight excluding hydrogens is 655 g/mol. The summed E-state index contributed by atoms with van der Waals surface area (Å²) in [6, 6.07) is 1.43. The van der Waals surface area contributed by atoms with E-state index in [1.54, 1.807) is 45.2 Å². The Bertz CT molecular complexity index is 691. The molecule has 0 bridgehead atoms. The minimum Gasteiger partial charge on any atom is -0.506 e. The van der Waals surface area contributed by atoms with Crippen LogP contribution in [0.4, 0.5) is 8.78 Å². The number of phenolic OH excluding ortho intramolecular Hbond substituents is 1. The van der Waals surface area contributed by atoms with E-state index in [1.807, 2.05) is 22.6 Å². The Hall–Kier alpha value is 0.450. The minimum atomic E-state index is -5.68. The van der Waals surface area contributed by atoms with Crippen molar-refractivity contribution in [2.75, 3.05) is 6.61 Å². The van der Waals surface area contributed by atoms with Crippen LogP contribution >= 0.6 is 67.8 Å². The number of halogens is 5. The Morgan fingerprint density at radius 3 is 2.29 bits per heavy atom. The molecule has 0 unspecified atom stereocenters. The SMILES string of the molecule is O=C(OCC(F)(F)S(=O)(=O)O)c1c(I)cc(I)c(O)c1I. The molecule has 0 aliphatic carbocycles. The maximum atomic E-state index is 13.0. The number of rotatable bonds is 4. The second-order valence-corrected chi connectivity index (χ2v) is 8.52. The highest BCUT2D eigenvalue weighted by molar-refractivity contribution is 14.1. The molecule has 0 fully saturated rings. The van der Waals surface area contributed by atoms with Crippen LogP contribution in [0.25, 0.3) is 0 Å². The molecule has 0 aliphatic rings. The number of phenols is 1. The summed E-state index contributed by atoms with van der Waals surface area (Å²) in [7, 11) is -5.68. The number of benzene rings is 1. The molecule has 0 heterocycles. The summed E-state index contributed by atoms with van der Waals surface area (Å²) in [4.78, 5) is 11.8. The molecule has 0 aromatic heterocycles. The third kappa shape index (κ3) is 4.47. The Balaban J connectivity index is 3.05. The number of carbonyl (C=O) groups is 1. The lowest BCUT2D eigenvalue weighted by atomic mass is 10.2. The molecule has 0 atom stereocenters. The molecule has 0 spiro atoms. The van der Waals surface area contributed by atoms with E-state index in [0.29, 0.717) is 7.14 Å². The average molecular weight is 660 g/mol. The van der Waals surface area contributed by atoms with Gasteiger partial charge in [-0.15, -0.1) is 0 Å². The van der Waals surface area contributed by atoms with Crippen molar-refractivity contribution in [3.05, 3.63) is 22.3 Å². The summed E-state index contributed by atoms with van der Waals surface area (Å²) in [5, 5.41) is 5.10. The second-order valence-electron chi connectivity index (χ2n) is 3.57. The number of hydrogen-bond donors (Lipinski definition) is 2. The van der Waals surface area contributed by atoms with Gasteiger partial charge in [0.25, 0.3) is 0 Å². The lowest BCUT2D eigenvalue weighted by molar-refractivity contribution is -0.00967. The van der Waals surface area contributed by atoms with Crippen molar-refractivity contribution in [3.8, 4) is 5.75 Å². The summed E-state index contributed by atoms with van der Waals surface area (Å²) in [5.74, 6) is -1.45. The van der Waals surface area contributed by atoms with Crippen molar-refractivity contribution in [2.24, 2.45) is 0 Å². The van der Waals surface area contributed by atoms with Gasteiger partial charge in [-0.3, -0.25) is 4.55 Å². The van der Waals surface area contributed by atoms with Crippen LogP contribution < -0.4 is 0 Å². The molecule has 6 nitrogen and oxygen atoms in total. The van der Waals surface area contributed by atoms with Crippen LogP contribution in [0.5, 0.6) is 5.75 Å². The maximum Gasteiger partial charge on any atom is 0.402 e. The van der Waals surface area contributed by atoms with E-state index in [4.69, 9.17) is 4.55 Å². The van der Waals surface area contributed by atoms with Crippen molar-refractivity contribution in [1.82, 2.24) is 0 Å². The van der Waals surface area contributed by atoms with E-state index < -0.39 is 27.9 Å². The summed E-state index contributed by atoms with van der Waals surface area (Å²) in [5.41, 5.74) is -0.166.